The molecule has 0 aliphatic carbocycles. The third-order valence-electron chi connectivity index (χ3n) is 3.73. The van der Waals surface area contributed by atoms with E-state index in [2.05, 4.69) is 20.8 Å². The highest BCUT2D eigenvalue weighted by atomic mass is 16.5. The predicted octanol–water partition coefficient (Wildman–Crippen LogP) is 2.00. The van der Waals surface area contributed by atoms with Crippen LogP contribution in [0.15, 0.2) is 42.5 Å². The average Bonchev–Trinajstić information content (AvgIpc) is 3.13. The van der Waals surface area contributed by atoms with Crippen LogP contribution in [-0.4, -0.2) is 35.4 Å². The molecule has 1 aliphatic heterocycles. The van der Waals surface area contributed by atoms with Crippen LogP contribution in [0.25, 0.3) is 0 Å². The van der Waals surface area contributed by atoms with E-state index in [4.69, 9.17) is 4.74 Å². The van der Waals surface area contributed by atoms with Gasteiger partial charge in [0.05, 0.1) is 6.10 Å². The molecule has 6 heteroatoms. The molecule has 1 fully saturated rings. The van der Waals surface area contributed by atoms with Gasteiger partial charge in [-0.1, -0.05) is 30.3 Å². The van der Waals surface area contributed by atoms with Gasteiger partial charge in [-0.25, -0.2) is 0 Å². The molecule has 1 amide bonds. The molecule has 0 bridgehead atoms. The lowest BCUT2D eigenvalue weighted by Crippen LogP contribution is -2.32. The number of rotatable bonds is 6. The van der Waals surface area contributed by atoms with Crippen molar-refractivity contribution in [3.8, 4) is 0 Å². The monoisotopic (exact) mass is 312 g/mol. The molecule has 1 aromatic heterocycles. The largest absolute Gasteiger partial charge is 0.376 e. The molecule has 1 aliphatic rings. The Kier molecular flexibility index (Phi) is 5.16. The smallest absolute Gasteiger partial charge is 0.271 e. The molecule has 23 heavy (non-hydrogen) atoms. The second-order valence-electron chi connectivity index (χ2n) is 5.49. The molecule has 2 heterocycles. The van der Waals surface area contributed by atoms with E-state index in [9.17, 15) is 4.79 Å². The topological polar surface area (TPSA) is 76.1 Å². The van der Waals surface area contributed by atoms with Gasteiger partial charge >= 0.3 is 0 Å². The van der Waals surface area contributed by atoms with E-state index in [0.29, 0.717) is 24.6 Å². The van der Waals surface area contributed by atoms with Crippen molar-refractivity contribution in [1.82, 2.24) is 15.5 Å². The van der Waals surface area contributed by atoms with Crippen molar-refractivity contribution in [3.05, 3.63) is 53.7 Å². The van der Waals surface area contributed by atoms with Gasteiger partial charge in [0.2, 0.25) is 0 Å². The summed E-state index contributed by atoms with van der Waals surface area (Å²) in [5.74, 6) is 0.423. The zero-order valence-electron chi connectivity index (χ0n) is 12.9. The lowest BCUT2D eigenvalue weighted by molar-refractivity contribution is 0.0853. The van der Waals surface area contributed by atoms with Gasteiger partial charge in [0.15, 0.2) is 5.69 Å². The number of carbonyl (C=O) groups excluding carboxylic acids is 1. The van der Waals surface area contributed by atoms with Crippen molar-refractivity contribution < 1.29 is 9.53 Å². The predicted molar refractivity (Wildman–Crippen MR) is 87.1 cm³/mol. The molecule has 6 nitrogen and oxygen atoms in total. The van der Waals surface area contributed by atoms with Crippen LogP contribution in [0.1, 0.15) is 28.9 Å². The van der Waals surface area contributed by atoms with Crippen molar-refractivity contribution in [2.45, 2.75) is 25.5 Å². The lowest BCUT2D eigenvalue weighted by atomic mass is 10.2. The molecule has 120 valence electrons. The molecule has 0 saturated carbocycles. The van der Waals surface area contributed by atoms with Crippen molar-refractivity contribution in [3.63, 3.8) is 0 Å². The molecular formula is C17H20N4O2. The Hall–Kier alpha value is -2.47. The Labute approximate surface area is 135 Å². The summed E-state index contributed by atoms with van der Waals surface area (Å²) in [4.78, 5) is 12.0. The van der Waals surface area contributed by atoms with Crippen molar-refractivity contribution >= 4 is 11.7 Å². The van der Waals surface area contributed by atoms with Gasteiger partial charge in [-0.2, -0.15) is 0 Å². The minimum absolute atomic E-state index is 0.124. The Morgan fingerprint density at radius 2 is 2.04 bits per heavy atom. The van der Waals surface area contributed by atoms with Crippen molar-refractivity contribution in [2.24, 2.45) is 0 Å². The van der Waals surface area contributed by atoms with Gasteiger partial charge in [0, 0.05) is 19.7 Å². The minimum atomic E-state index is -0.220. The van der Waals surface area contributed by atoms with E-state index in [-0.39, 0.29) is 12.0 Å². The normalized spacial score (nSPS) is 17.0. The van der Waals surface area contributed by atoms with Crippen LogP contribution in [0.5, 0.6) is 0 Å². The number of amides is 1. The van der Waals surface area contributed by atoms with Crippen LogP contribution in [0, 0.1) is 0 Å². The number of nitrogens with one attached hydrogen (secondary N) is 2. The van der Waals surface area contributed by atoms with Gasteiger partial charge in [-0.3, -0.25) is 4.79 Å². The van der Waals surface area contributed by atoms with E-state index in [0.717, 1.165) is 25.0 Å². The first-order valence-electron chi connectivity index (χ1n) is 7.82. The van der Waals surface area contributed by atoms with Gasteiger partial charge in [0.25, 0.3) is 5.91 Å². The minimum Gasteiger partial charge on any atom is -0.376 e. The highest BCUT2D eigenvalue weighted by Crippen LogP contribution is 2.11. The number of ether oxygens (including phenoxy) is 1. The van der Waals surface area contributed by atoms with E-state index in [1.807, 2.05) is 30.3 Å². The van der Waals surface area contributed by atoms with Crippen LogP contribution in [0.4, 0.5) is 5.82 Å². The first-order valence-corrected chi connectivity index (χ1v) is 7.82. The molecule has 1 aromatic carbocycles. The van der Waals surface area contributed by atoms with Gasteiger partial charge in [-0.05, 0) is 30.5 Å². The zero-order chi connectivity index (χ0) is 15.9. The summed E-state index contributed by atoms with van der Waals surface area (Å²) in [5.41, 5.74) is 1.47. The molecule has 0 radical (unpaired) electrons. The third-order valence-corrected chi connectivity index (χ3v) is 3.73. The number of hydrogen-bond acceptors (Lipinski definition) is 5. The quantitative estimate of drug-likeness (QED) is 0.853. The highest BCUT2D eigenvalue weighted by Gasteiger charge is 2.17. The molecule has 1 saturated heterocycles. The fourth-order valence-corrected chi connectivity index (χ4v) is 2.44. The summed E-state index contributed by atoms with van der Waals surface area (Å²) >= 11 is 0. The number of aromatic nitrogens is 2. The molecule has 3 rings (SSSR count). The van der Waals surface area contributed by atoms with Gasteiger partial charge in [0.1, 0.15) is 5.82 Å². The van der Waals surface area contributed by atoms with Gasteiger partial charge in [-0.15, -0.1) is 10.2 Å². The summed E-state index contributed by atoms with van der Waals surface area (Å²) in [5, 5.41) is 14.0. The van der Waals surface area contributed by atoms with Crippen molar-refractivity contribution in [1.29, 1.82) is 0 Å². The summed E-state index contributed by atoms with van der Waals surface area (Å²) in [7, 11) is 0. The van der Waals surface area contributed by atoms with Crippen LogP contribution >= 0.6 is 0 Å². The molecule has 2 aromatic rings. The second kappa shape index (κ2) is 7.69. The maximum absolute atomic E-state index is 12.0. The Morgan fingerprint density at radius 1 is 1.17 bits per heavy atom. The Bertz CT molecular complexity index is 625. The van der Waals surface area contributed by atoms with Crippen LogP contribution < -0.4 is 10.6 Å². The summed E-state index contributed by atoms with van der Waals surface area (Å²) in [6.07, 6.45) is 2.18. The summed E-state index contributed by atoms with van der Waals surface area (Å²) < 4.78 is 5.47. The Morgan fingerprint density at radius 3 is 2.74 bits per heavy atom. The van der Waals surface area contributed by atoms with Gasteiger partial charge < -0.3 is 15.4 Å². The number of benzene rings is 1. The van der Waals surface area contributed by atoms with E-state index in [1.54, 1.807) is 12.1 Å². The zero-order valence-corrected chi connectivity index (χ0v) is 12.9. The molecule has 2 N–H and O–H groups in total. The van der Waals surface area contributed by atoms with E-state index >= 15 is 0 Å². The number of carbonyl (C=O) groups is 1. The molecular weight excluding hydrogens is 292 g/mol. The molecule has 1 atom stereocenters. The first-order chi connectivity index (χ1) is 11.3. The SMILES string of the molecule is O=C(NCC1CCCO1)c1ccc(NCc2ccccc2)nn1. The van der Waals surface area contributed by atoms with Crippen LogP contribution in [0.2, 0.25) is 0 Å². The standard InChI is InChI=1S/C17H20N4O2/c22-17(19-12-14-7-4-10-23-14)15-8-9-16(21-20-15)18-11-13-5-2-1-3-6-13/h1-3,5-6,8-9,14H,4,7,10-12H2,(H,18,21)(H,19,22). The summed E-state index contributed by atoms with van der Waals surface area (Å²) in [6, 6.07) is 13.5. The maximum atomic E-state index is 12.0. The number of nitrogens with zero attached hydrogens (tertiary/aromatic N) is 2. The van der Waals surface area contributed by atoms with Crippen LogP contribution in [0.3, 0.4) is 0 Å². The fourth-order valence-electron chi connectivity index (χ4n) is 2.44. The average molecular weight is 312 g/mol. The van der Waals surface area contributed by atoms with Crippen molar-refractivity contribution in [2.75, 3.05) is 18.5 Å². The summed E-state index contributed by atoms with van der Waals surface area (Å²) in [6.45, 7) is 1.97. The molecule has 0 spiro atoms. The maximum Gasteiger partial charge on any atom is 0.271 e. The lowest BCUT2D eigenvalue weighted by Gasteiger charge is -2.10. The van der Waals surface area contributed by atoms with E-state index in [1.165, 1.54) is 0 Å². The Balaban J connectivity index is 1.49. The van der Waals surface area contributed by atoms with E-state index < -0.39 is 0 Å². The third kappa shape index (κ3) is 4.50. The highest BCUT2D eigenvalue weighted by molar-refractivity contribution is 5.92. The fraction of sp³-hybridized carbons (Fsp3) is 0.353. The number of hydrogen-bond donors (Lipinski definition) is 2. The van der Waals surface area contributed by atoms with Crippen LogP contribution in [-0.2, 0) is 11.3 Å². The molecule has 1 unspecified atom stereocenters. The first kappa shape index (κ1) is 15.4. The number of anilines is 1. The second-order valence-corrected chi connectivity index (χ2v) is 5.49.